The normalized spacial score (nSPS) is 30.5. The molecule has 0 aromatic carbocycles. The Kier molecular flexibility index (Phi) is 5.08. The van der Waals surface area contributed by atoms with Crippen LogP contribution in [0.15, 0.2) is 0 Å². The van der Waals surface area contributed by atoms with Gasteiger partial charge in [-0.05, 0) is 17.8 Å². The minimum absolute atomic E-state index is 0.0180. The number of rotatable bonds is 5. The smallest absolute Gasteiger partial charge is 0.329 e. The molecule has 2 fully saturated rings. The predicted molar refractivity (Wildman–Crippen MR) is 79.0 cm³/mol. The summed E-state index contributed by atoms with van der Waals surface area (Å²) in [4.78, 5) is 38.0. The van der Waals surface area contributed by atoms with Crippen LogP contribution in [0.25, 0.3) is 0 Å². The molecule has 2 rings (SSSR count). The summed E-state index contributed by atoms with van der Waals surface area (Å²) in [5.74, 6) is -1.64. The Morgan fingerprint density at radius 2 is 1.96 bits per heavy atom. The van der Waals surface area contributed by atoms with E-state index in [1.54, 1.807) is 0 Å². The van der Waals surface area contributed by atoms with E-state index < -0.39 is 30.7 Å². The Labute approximate surface area is 135 Å². The number of esters is 1. The van der Waals surface area contributed by atoms with E-state index in [0.29, 0.717) is 6.42 Å². The summed E-state index contributed by atoms with van der Waals surface area (Å²) in [5.41, 5.74) is -0.0337. The number of likely N-dealkylation sites (tertiary alicyclic amines) is 1. The van der Waals surface area contributed by atoms with Crippen LogP contribution in [0.5, 0.6) is 0 Å². The Hall–Kier alpha value is -1.50. The van der Waals surface area contributed by atoms with Gasteiger partial charge in [-0.15, -0.1) is 0 Å². The van der Waals surface area contributed by atoms with E-state index in [2.05, 4.69) is 0 Å². The summed E-state index contributed by atoms with van der Waals surface area (Å²) in [6, 6.07) is -0.981. The molecule has 4 atom stereocenters. The minimum atomic E-state index is -0.981. The molecule has 1 aliphatic carbocycles. The van der Waals surface area contributed by atoms with Crippen molar-refractivity contribution in [3.8, 4) is 0 Å². The van der Waals surface area contributed by atoms with Crippen LogP contribution in [0.2, 0.25) is 0 Å². The highest BCUT2D eigenvalue weighted by molar-refractivity contribution is 6.05. The largest absolute Gasteiger partial charge is 0.467 e. The summed E-state index contributed by atoms with van der Waals surface area (Å²) in [6.07, 6.45) is -0.245. The lowest BCUT2D eigenvalue weighted by Gasteiger charge is -2.23. The van der Waals surface area contributed by atoms with Gasteiger partial charge in [0.2, 0.25) is 5.91 Å². The van der Waals surface area contributed by atoms with Crippen molar-refractivity contribution in [2.24, 2.45) is 17.3 Å². The topological polar surface area (TPSA) is 72.9 Å². The molecule has 6 nitrogen and oxygen atoms in total. The van der Waals surface area contributed by atoms with Gasteiger partial charge < -0.3 is 9.47 Å². The van der Waals surface area contributed by atoms with Crippen molar-refractivity contribution in [1.82, 2.24) is 4.90 Å². The zero-order valence-corrected chi connectivity index (χ0v) is 14.0. The number of carbonyl (C=O) groups excluding carboxylic acids is 3. The third-order valence-corrected chi connectivity index (χ3v) is 4.59. The van der Waals surface area contributed by atoms with Crippen molar-refractivity contribution in [2.45, 2.75) is 45.8 Å². The zero-order chi connectivity index (χ0) is 17.4. The second-order valence-electron chi connectivity index (χ2n) is 7.18. The Morgan fingerprint density at radius 1 is 1.30 bits per heavy atom. The molecule has 23 heavy (non-hydrogen) atoms. The van der Waals surface area contributed by atoms with E-state index in [4.69, 9.17) is 9.47 Å². The third-order valence-electron chi connectivity index (χ3n) is 4.59. The molecule has 1 saturated heterocycles. The molecule has 130 valence electrons. The van der Waals surface area contributed by atoms with E-state index in [1.165, 1.54) is 7.11 Å². The summed E-state index contributed by atoms with van der Waals surface area (Å²) in [6.45, 7) is 5.17. The van der Waals surface area contributed by atoms with Crippen molar-refractivity contribution in [1.29, 1.82) is 0 Å². The van der Waals surface area contributed by atoms with Gasteiger partial charge in [-0.1, -0.05) is 20.8 Å². The monoisotopic (exact) mass is 329 g/mol. The zero-order valence-electron chi connectivity index (χ0n) is 14.0. The number of alkyl halides is 1. The maximum absolute atomic E-state index is 12.7. The van der Waals surface area contributed by atoms with Crippen LogP contribution in [-0.4, -0.2) is 55.2 Å². The molecule has 0 radical (unpaired) electrons. The van der Waals surface area contributed by atoms with Gasteiger partial charge in [-0.2, -0.15) is 0 Å². The molecule has 0 N–H and O–H groups in total. The molecule has 1 aliphatic heterocycles. The number of methoxy groups -OCH3 is 1. The molecular formula is C16H24FNO5. The lowest BCUT2D eigenvalue weighted by Crippen LogP contribution is -2.45. The van der Waals surface area contributed by atoms with Gasteiger partial charge in [0.05, 0.1) is 13.7 Å². The fourth-order valence-electron chi connectivity index (χ4n) is 3.25. The first-order valence-corrected chi connectivity index (χ1v) is 7.84. The Morgan fingerprint density at radius 3 is 2.43 bits per heavy atom. The van der Waals surface area contributed by atoms with Gasteiger partial charge >= 0.3 is 5.97 Å². The summed E-state index contributed by atoms with van der Waals surface area (Å²) in [5, 5.41) is 0. The maximum Gasteiger partial charge on any atom is 0.329 e. The molecule has 0 bridgehead atoms. The van der Waals surface area contributed by atoms with Crippen LogP contribution in [0.3, 0.4) is 0 Å². The van der Waals surface area contributed by atoms with E-state index in [-0.39, 0.29) is 36.2 Å². The summed E-state index contributed by atoms with van der Waals surface area (Å²) in [7, 11) is 1.21. The second-order valence-corrected chi connectivity index (χ2v) is 7.18. The molecule has 7 heteroatoms. The van der Waals surface area contributed by atoms with Gasteiger partial charge in [-0.25, -0.2) is 9.18 Å². The van der Waals surface area contributed by atoms with Gasteiger partial charge in [0.1, 0.15) is 18.8 Å². The molecule has 0 spiro atoms. The van der Waals surface area contributed by atoms with E-state index >= 15 is 0 Å². The lowest BCUT2D eigenvalue weighted by atomic mass is 9.88. The van der Waals surface area contributed by atoms with E-state index in [1.807, 2.05) is 20.8 Å². The summed E-state index contributed by atoms with van der Waals surface area (Å²) < 4.78 is 22.1. The van der Waals surface area contributed by atoms with Crippen LogP contribution in [-0.2, 0) is 23.9 Å². The average Bonchev–Trinajstić information content (AvgIpc) is 3.23. The first-order valence-electron chi connectivity index (χ1n) is 7.84. The first kappa shape index (κ1) is 17.8. The highest BCUT2D eigenvalue weighted by Crippen LogP contribution is 2.52. The van der Waals surface area contributed by atoms with Crippen molar-refractivity contribution in [3.05, 3.63) is 0 Å². The predicted octanol–water partition coefficient (Wildman–Crippen LogP) is 1.32. The number of ether oxygens (including phenoxy) is 2. The maximum atomic E-state index is 12.7. The van der Waals surface area contributed by atoms with Gasteiger partial charge in [-0.3, -0.25) is 14.5 Å². The molecular weight excluding hydrogens is 305 g/mol. The minimum Gasteiger partial charge on any atom is -0.467 e. The summed E-state index contributed by atoms with van der Waals surface area (Å²) >= 11 is 0. The van der Waals surface area contributed by atoms with Crippen LogP contribution < -0.4 is 0 Å². The van der Waals surface area contributed by atoms with Gasteiger partial charge in [0.25, 0.3) is 5.91 Å². The molecule has 0 aromatic heterocycles. The lowest BCUT2D eigenvalue weighted by molar-refractivity contribution is -0.157. The number of amides is 2. The van der Waals surface area contributed by atoms with E-state index in [0.717, 1.165) is 4.90 Å². The van der Waals surface area contributed by atoms with Gasteiger partial charge in [0, 0.05) is 12.3 Å². The van der Waals surface area contributed by atoms with E-state index in [9.17, 15) is 18.8 Å². The van der Waals surface area contributed by atoms with Crippen molar-refractivity contribution in [2.75, 3.05) is 20.4 Å². The standard InChI is InChI=1S/C16H24FNO5/c1-16(2,3)10-7-9(10)13(19)18-11(15(21)22-4)8-12(14(18)20)23-6-5-17/h9-12H,5-8H2,1-4H3/t9?,10-,11+,12+/m1/s1. The quantitative estimate of drug-likeness (QED) is 0.562. The fraction of sp³-hybridized carbons (Fsp3) is 0.812. The van der Waals surface area contributed by atoms with Crippen molar-refractivity contribution < 1.29 is 28.2 Å². The number of carbonyl (C=O) groups is 3. The number of hydrogen-bond acceptors (Lipinski definition) is 5. The van der Waals surface area contributed by atoms with Crippen LogP contribution >= 0.6 is 0 Å². The molecule has 1 saturated carbocycles. The molecule has 2 aliphatic rings. The van der Waals surface area contributed by atoms with Crippen LogP contribution in [0, 0.1) is 17.3 Å². The van der Waals surface area contributed by atoms with Crippen LogP contribution in [0.1, 0.15) is 33.6 Å². The molecule has 1 heterocycles. The second kappa shape index (κ2) is 6.55. The Balaban J connectivity index is 2.14. The SMILES string of the molecule is COC(=O)[C@@H]1C[C@H](OCCF)C(=O)N1C(=O)C1C[C@H]1C(C)(C)C. The van der Waals surface area contributed by atoms with Crippen molar-refractivity contribution in [3.63, 3.8) is 0 Å². The number of halogens is 1. The number of nitrogens with zero attached hydrogens (tertiary/aromatic N) is 1. The molecule has 0 aromatic rings. The fourth-order valence-corrected chi connectivity index (χ4v) is 3.25. The Bertz CT molecular complexity index is 501. The molecule has 2 amide bonds. The number of hydrogen-bond donors (Lipinski definition) is 0. The third kappa shape index (κ3) is 3.54. The average molecular weight is 329 g/mol. The highest BCUT2D eigenvalue weighted by atomic mass is 19.1. The highest BCUT2D eigenvalue weighted by Gasteiger charge is 2.56. The van der Waals surface area contributed by atoms with Crippen molar-refractivity contribution >= 4 is 17.8 Å². The van der Waals surface area contributed by atoms with Gasteiger partial charge in [0.15, 0.2) is 0 Å². The number of imide groups is 1. The molecule has 1 unspecified atom stereocenters. The first-order chi connectivity index (χ1) is 10.7. The van der Waals surface area contributed by atoms with Crippen LogP contribution in [0.4, 0.5) is 4.39 Å².